The van der Waals surface area contributed by atoms with E-state index in [0.717, 1.165) is 6.08 Å². The predicted octanol–water partition coefficient (Wildman–Crippen LogP) is 4.89. The Balaban J connectivity index is 0.000000968. The van der Waals surface area contributed by atoms with Crippen LogP contribution in [0, 0.1) is 28.6 Å². The van der Waals surface area contributed by atoms with Crippen LogP contribution < -0.4 is 0 Å². The minimum absolute atomic E-state index is 0.0294. The maximum absolute atomic E-state index is 16.9. The summed E-state index contributed by atoms with van der Waals surface area (Å²) >= 11 is 0.371. The SMILES string of the molecule is CCC.C[C@@H]1C[C@H]2[C@@H]3C[C@H](F)C4=CC(=O)C=C[C@]4(C)[C@@]3(F)[C@@H](O)C[C@]2(C)[C@@]1(O)C(=O)SCF. The van der Waals surface area contributed by atoms with Gasteiger partial charge in [-0.15, -0.1) is 0 Å². The number of carbonyl (C=O) groups is 2. The zero-order valence-electron chi connectivity index (χ0n) is 19.9. The van der Waals surface area contributed by atoms with Crippen LogP contribution in [0.1, 0.15) is 60.3 Å². The van der Waals surface area contributed by atoms with Crippen molar-refractivity contribution in [3.8, 4) is 0 Å². The van der Waals surface area contributed by atoms with Crippen LogP contribution in [-0.4, -0.2) is 50.7 Å². The van der Waals surface area contributed by atoms with Gasteiger partial charge in [0.1, 0.15) is 17.8 Å². The number of alkyl halides is 3. The highest BCUT2D eigenvalue weighted by molar-refractivity contribution is 8.13. The number of thioether (sulfide) groups is 1. The molecular weight excluding hydrogens is 453 g/mol. The number of aliphatic hydroxyl groups is 2. The fourth-order valence-corrected chi connectivity index (χ4v) is 7.89. The quantitative estimate of drug-likeness (QED) is 0.579. The van der Waals surface area contributed by atoms with E-state index >= 15 is 8.78 Å². The standard InChI is InChI=1S/C22H27F3O4S.C3H8/c1-11-6-13-14-8-16(24)15-7-12(26)4-5-19(15,2)21(14,25)17(27)9-20(13,3)22(11,29)18(28)30-10-23;1-3-2/h4-5,7,11,13-14,16-17,27,29H,6,8-10H2,1-3H3;3H2,1-2H3/t11-,13+,14+,16+,17+,19+,20+,21+,22+;/m1./s1. The van der Waals surface area contributed by atoms with Gasteiger partial charge in [-0.2, -0.15) is 0 Å². The van der Waals surface area contributed by atoms with Crippen LogP contribution >= 0.6 is 11.8 Å². The first kappa shape index (κ1) is 26.5. The summed E-state index contributed by atoms with van der Waals surface area (Å²) in [5.74, 6) is -2.57. The molecule has 0 saturated heterocycles. The topological polar surface area (TPSA) is 74.6 Å². The lowest BCUT2D eigenvalue weighted by Crippen LogP contribution is -2.70. The van der Waals surface area contributed by atoms with Crippen molar-refractivity contribution in [3.63, 3.8) is 0 Å². The summed E-state index contributed by atoms with van der Waals surface area (Å²) in [5.41, 5.74) is -6.91. The number of carbonyl (C=O) groups excluding carboxylic acids is 2. The van der Waals surface area contributed by atoms with Gasteiger partial charge in [0.05, 0.1) is 6.10 Å². The second-order valence-electron chi connectivity index (χ2n) is 10.5. The number of allylic oxidation sites excluding steroid dienone is 4. The number of ketones is 1. The zero-order chi connectivity index (χ0) is 25.0. The van der Waals surface area contributed by atoms with Gasteiger partial charge in [-0.3, -0.25) is 9.59 Å². The Bertz CT molecular complexity index is 878. The third-order valence-corrected chi connectivity index (χ3v) is 9.39. The molecule has 0 unspecified atom stereocenters. The number of halogens is 3. The molecule has 4 rings (SSSR count). The van der Waals surface area contributed by atoms with E-state index < -0.39 is 69.0 Å². The second kappa shape index (κ2) is 8.83. The van der Waals surface area contributed by atoms with Crippen molar-refractivity contribution < 1.29 is 33.0 Å². The van der Waals surface area contributed by atoms with Crippen LogP contribution in [-0.2, 0) is 9.59 Å². The molecule has 0 aromatic rings. The average molecular weight is 489 g/mol. The molecule has 3 fully saturated rings. The molecule has 0 radical (unpaired) electrons. The molecule has 0 aliphatic heterocycles. The lowest BCUT2D eigenvalue weighted by Gasteiger charge is -2.63. The van der Waals surface area contributed by atoms with E-state index in [1.807, 2.05) is 0 Å². The van der Waals surface area contributed by atoms with E-state index in [9.17, 15) is 24.2 Å². The normalized spacial score (nSPS) is 48.1. The van der Waals surface area contributed by atoms with Gasteiger partial charge in [-0.25, -0.2) is 13.2 Å². The lowest BCUT2D eigenvalue weighted by molar-refractivity contribution is -0.221. The summed E-state index contributed by atoms with van der Waals surface area (Å²) in [5, 5.41) is 21.9. The van der Waals surface area contributed by atoms with Gasteiger partial charge in [-0.1, -0.05) is 52.0 Å². The Morgan fingerprint density at radius 1 is 1.24 bits per heavy atom. The zero-order valence-corrected chi connectivity index (χ0v) is 20.7. The highest BCUT2D eigenvalue weighted by atomic mass is 32.2. The van der Waals surface area contributed by atoms with Gasteiger partial charge < -0.3 is 10.2 Å². The lowest BCUT2D eigenvalue weighted by atomic mass is 9.44. The number of rotatable bonds is 2. The molecule has 0 heterocycles. The molecule has 0 bridgehead atoms. The number of aliphatic hydroxyl groups excluding tert-OH is 1. The number of hydrogen-bond acceptors (Lipinski definition) is 5. The summed E-state index contributed by atoms with van der Waals surface area (Å²) in [6.45, 7) is 9.04. The van der Waals surface area contributed by atoms with Gasteiger partial charge in [0, 0.05) is 16.7 Å². The molecule has 8 heteroatoms. The van der Waals surface area contributed by atoms with Gasteiger partial charge in [0.2, 0.25) is 5.12 Å². The average Bonchev–Trinajstić information content (AvgIpc) is 2.94. The summed E-state index contributed by atoms with van der Waals surface area (Å²) in [4.78, 5) is 24.6. The first-order valence-electron chi connectivity index (χ1n) is 11.7. The highest BCUT2D eigenvalue weighted by Gasteiger charge is 2.76. The molecule has 4 nitrogen and oxygen atoms in total. The van der Waals surface area contributed by atoms with Crippen LogP contribution in [0.4, 0.5) is 13.2 Å². The van der Waals surface area contributed by atoms with Crippen molar-refractivity contribution in [2.45, 2.75) is 83.8 Å². The third-order valence-electron chi connectivity index (χ3n) is 8.71. The Morgan fingerprint density at radius 2 is 1.85 bits per heavy atom. The molecule has 4 aliphatic rings. The monoisotopic (exact) mass is 488 g/mol. The fourth-order valence-electron chi connectivity index (χ4n) is 7.13. The van der Waals surface area contributed by atoms with Crippen LogP contribution in [0.5, 0.6) is 0 Å². The predicted molar refractivity (Wildman–Crippen MR) is 123 cm³/mol. The van der Waals surface area contributed by atoms with E-state index in [-0.39, 0.29) is 24.8 Å². The molecular formula is C25H35F3O4S. The molecule has 0 aromatic carbocycles. The van der Waals surface area contributed by atoms with Crippen LogP contribution in [0.25, 0.3) is 0 Å². The molecule has 0 amide bonds. The Kier molecular flexibility index (Phi) is 7.09. The van der Waals surface area contributed by atoms with Gasteiger partial charge in [-0.05, 0) is 55.7 Å². The highest BCUT2D eigenvalue weighted by Crippen LogP contribution is 2.71. The van der Waals surface area contributed by atoms with Crippen molar-refractivity contribution in [2.24, 2.45) is 28.6 Å². The van der Waals surface area contributed by atoms with Crippen molar-refractivity contribution in [2.75, 3.05) is 6.01 Å². The van der Waals surface area contributed by atoms with Crippen molar-refractivity contribution in [3.05, 3.63) is 23.8 Å². The van der Waals surface area contributed by atoms with Gasteiger partial charge in [0.25, 0.3) is 0 Å². The molecule has 186 valence electrons. The van der Waals surface area contributed by atoms with Crippen LogP contribution in [0.2, 0.25) is 0 Å². The molecule has 33 heavy (non-hydrogen) atoms. The molecule has 2 N–H and O–H groups in total. The molecule has 4 aliphatic carbocycles. The first-order valence-corrected chi connectivity index (χ1v) is 12.7. The van der Waals surface area contributed by atoms with Crippen molar-refractivity contribution >= 4 is 22.7 Å². The van der Waals surface area contributed by atoms with E-state index in [1.165, 1.54) is 25.5 Å². The Morgan fingerprint density at radius 3 is 2.42 bits per heavy atom. The molecule has 3 saturated carbocycles. The molecule has 0 aromatic heterocycles. The Labute approximate surface area is 198 Å². The minimum Gasteiger partial charge on any atom is -0.390 e. The fraction of sp³-hybridized carbons (Fsp3) is 0.760. The van der Waals surface area contributed by atoms with Crippen LogP contribution in [0.3, 0.4) is 0 Å². The van der Waals surface area contributed by atoms with Gasteiger partial charge in [0.15, 0.2) is 11.5 Å². The van der Waals surface area contributed by atoms with E-state index in [4.69, 9.17) is 0 Å². The maximum Gasteiger partial charge on any atom is 0.223 e. The van der Waals surface area contributed by atoms with Crippen molar-refractivity contribution in [1.82, 2.24) is 0 Å². The maximum atomic E-state index is 16.9. The number of hydrogen-bond donors (Lipinski definition) is 2. The summed E-state index contributed by atoms with van der Waals surface area (Å²) in [6, 6.07) is -0.995. The summed E-state index contributed by atoms with van der Waals surface area (Å²) in [6.07, 6.45) is 1.56. The first-order chi connectivity index (χ1) is 15.3. The smallest absolute Gasteiger partial charge is 0.223 e. The largest absolute Gasteiger partial charge is 0.390 e. The summed E-state index contributed by atoms with van der Waals surface area (Å²) in [7, 11) is 0. The Hall–Kier alpha value is -1.12. The van der Waals surface area contributed by atoms with E-state index in [2.05, 4.69) is 13.8 Å². The third kappa shape index (κ3) is 3.41. The van der Waals surface area contributed by atoms with Crippen molar-refractivity contribution in [1.29, 1.82) is 0 Å². The summed E-state index contributed by atoms with van der Waals surface area (Å²) < 4.78 is 45.1. The number of fused-ring (bicyclic) bond motifs is 5. The second-order valence-corrected chi connectivity index (χ2v) is 11.4. The van der Waals surface area contributed by atoms with E-state index in [0.29, 0.717) is 11.8 Å². The van der Waals surface area contributed by atoms with E-state index in [1.54, 1.807) is 13.8 Å². The minimum atomic E-state index is -2.26. The van der Waals surface area contributed by atoms with Gasteiger partial charge >= 0.3 is 0 Å². The molecule has 9 atom stereocenters. The van der Waals surface area contributed by atoms with Crippen LogP contribution in [0.15, 0.2) is 23.8 Å². The molecule has 0 spiro atoms.